The molecule has 0 radical (unpaired) electrons. The molecule has 0 aromatic rings. The van der Waals surface area contributed by atoms with Crippen molar-refractivity contribution in [2.45, 2.75) is 26.2 Å². The Morgan fingerprint density at radius 3 is 2.50 bits per heavy atom. The lowest BCUT2D eigenvalue weighted by atomic mass is 9.99. The predicted octanol–water partition coefficient (Wildman–Crippen LogP) is 0.965. The molecule has 2 nitrogen and oxygen atoms in total. The molecule has 1 saturated carbocycles. The molecule has 1 fully saturated rings. The maximum absolute atomic E-state index is 11.2. The van der Waals surface area contributed by atoms with E-state index in [1.54, 1.807) is 0 Å². The Balaban J connectivity index is 2.43. The van der Waals surface area contributed by atoms with Crippen LogP contribution in [0.15, 0.2) is 0 Å². The highest BCUT2D eigenvalue weighted by Gasteiger charge is 2.47. The predicted molar refractivity (Wildman–Crippen MR) is 40.9 cm³/mol. The van der Waals surface area contributed by atoms with Crippen LogP contribution in [0, 0.1) is 5.41 Å². The fraction of sp³-hybridized carbons (Fsp3) is 0.875. The van der Waals surface area contributed by atoms with Gasteiger partial charge in [-0.1, -0.05) is 6.92 Å². The second kappa shape index (κ2) is 2.70. The Kier molecular flexibility index (Phi) is 2.09. The van der Waals surface area contributed by atoms with Crippen molar-refractivity contribution in [2.24, 2.45) is 5.41 Å². The number of carbonyl (C=O) groups excluding carboxylic acids is 1. The van der Waals surface area contributed by atoms with E-state index in [1.807, 2.05) is 14.0 Å². The van der Waals surface area contributed by atoms with Crippen LogP contribution in [0.25, 0.3) is 0 Å². The second-order valence-corrected chi connectivity index (χ2v) is 3.09. The van der Waals surface area contributed by atoms with Crippen molar-refractivity contribution in [3.63, 3.8) is 0 Å². The van der Waals surface area contributed by atoms with Crippen molar-refractivity contribution in [3.05, 3.63) is 0 Å². The molecule has 1 aliphatic carbocycles. The average Bonchev–Trinajstić information content (AvgIpc) is 2.69. The summed E-state index contributed by atoms with van der Waals surface area (Å²) in [6.45, 7) is 2.82. The van der Waals surface area contributed by atoms with Crippen LogP contribution in [-0.4, -0.2) is 19.4 Å². The molecule has 0 unspecified atom stereocenters. The maximum Gasteiger partial charge on any atom is 0.140 e. The Bertz CT molecular complexity index is 138. The molecule has 0 heterocycles. The maximum atomic E-state index is 11.2. The Labute approximate surface area is 62.0 Å². The SMILES string of the molecule is CCC(=O)C1(CNC)CC1. The van der Waals surface area contributed by atoms with Gasteiger partial charge in [0.25, 0.3) is 0 Å². The van der Waals surface area contributed by atoms with Crippen LogP contribution in [0.4, 0.5) is 0 Å². The van der Waals surface area contributed by atoms with Gasteiger partial charge in [-0.25, -0.2) is 0 Å². The van der Waals surface area contributed by atoms with Crippen LogP contribution in [-0.2, 0) is 4.79 Å². The molecule has 0 aromatic heterocycles. The van der Waals surface area contributed by atoms with E-state index in [9.17, 15) is 4.79 Å². The summed E-state index contributed by atoms with van der Waals surface area (Å²) in [6.07, 6.45) is 2.89. The number of hydrogen-bond acceptors (Lipinski definition) is 2. The van der Waals surface area contributed by atoms with Gasteiger partial charge in [0.1, 0.15) is 5.78 Å². The molecule has 0 amide bonds. The van der Waals surface area contributed by atoms with Crippen molar-refractivity contribution in [1.29, 1.82) is 0 Å². The summed E-state index contributed by atoms with van der Waals surface area (Å²) in [6, 6.07) is 0. The Morgan fingerprint density at radius 2 is 2.20 bits per heavy atom. The van der Waals surface area contributed by atoms with Crippen LogP contribution >= 0.6 is 0 Å². The zero-order chi connectivity index (χ0) is 7.61. The van der Waals surface area contributed by atoms with E-state index >= 15 is 0 Å². The van der Waals surface area contributed by atoms with Gasteiger partial charge < -0.3 is 5.32 Å². The highest BCUT2D eigenvalue weighted by molar-refractivity contribution is 5.87. The highest BCUT2D eigenvalue weighted by Crippen LogP contribution is 2.46. The van der Waals surface area contributed by atoms with E-state index in [2.05, 4.69) is 5.32 Å². The molecular weight excluding hydrogens is 126 g/mol. The zero-order valence-electron chi connectivity index (χ0n) is 6.74. The fourth-order valence-electron chi connectivity index (χ4n) is 1.42. The van der Waals surface area contributed by atoms with E-state index in [0.29, 0.717) is 12.2 Å². The summed E-state index contributed by atoms with van der Waals surface area (Å²) in [5.41, 5.74) is 0.0590. The van der Waals surface area contributed by atoms with Crippen molar-refractivity contribution in [2.75, 3.05) is 13.6 Å². The molecule has 0 atom stereocenters. The summed E-state index contributed by atoms with van der Waals surface area (Å²) in [7, 11) is 1.91. The first kappa shape index (κ1) is 7.73. The minimum atomic E-state index is 0.0590. The molecular formula is C8H15NO. The van der Waals surface area contributed by atoms with Gasteiger partial charge in [-0.05, 0) is 19.9 Å². The van der Waals surface area contributed by atoms with Gasteiger partial charge in [-0.15, -0.1) is 0 Å². The van der Waals surface area contributed by atoms with E-state index in [4.69, 9.17) is 0 Å². The molecule has 2 heteroatoms. The molecule has 0 saturated heterocycles. The van der Waals surface area contributed by atoms with Crippen LogP contribution in [0.3, 0.4) is 0 Å². The van der Waals surface area contributed by atoms with Gasteiger partial charge in [0.05, 0.1) is 0 Å². The van der Waals surface area contributed by atoms with Gasteiger partial charge in [0.2, 0.25) is 0 Å². The molecule has 1 aliphatic rings. The molecule has 0 spiro atoms. The largest absolute Gasteiger partial charge is 0.319 e. The summed E-state index contributed by atoms with van der Waals surface area (Å²) in [5.74, 6) is 0.432. The third-order valence-corrected chi connectivity index (χ3v) is 2.28. The van der Waals surface area contributed by atoms with Crippen molar-refractivity contribution >= 4 is 5.78 Å². The number of Topliss-reactive ketones (excluding diaryl/α,β-unsaturated/α-hetero) is 1. The molecule has 1 rings (SSSR count). The van der Waals surface area contributed by atoms with Gasteiger partial charge >= 0.3 is 0 Å². The van der Waals surface area contributed by atoms with Gasteiger partial charge in [-0.3, -0.25) is 4.79 Å². The zero-order valence-corrected chi connectivity index (χ0v) is 6.74. The third-order valence-electron chi connectivity index (χ3n) is 2.28. The van der Waals surface area contributed by atoms with Crippen LogP contribution < -0.4 is 5.32 Å². The molecule has 0 aromatic carbocycles. The summed E-state index contributed by atoms with van der Waals surface area (Å²) < 4.78 is 0. The number of carbonyl (C=O) groups is 1. The Hall–Kier alpha value is -0.370. The summed E-state index contributed by atoms with van der Waals surface area (Å²) in [5, 5.41) is 3.06. The molecule has 10 heavy (non-hydrogen) atoms. The number of hydrogen-bond donors (Lipinski definition) is 1. The molecule has 58 valence electrons. The van der Waals surface area contributed by atoms with Gasteiger partial charge in [0.15, 0.2) is 0 Å². The van der Waals surface area contributed by atoms with Crippen LogP contribution in [0.1, 0.15) is 26.2 Å². The first-order valence-corrected chi connectivity index (χ1v) is 3.93. The molecule has 1 N–H and O–H groups in total. The topological polar surface area (TPSA) is 29.1 Å². The monoisotopic (exact) mass is 141 g/mol. The molecule has 0 bridgehead atoms. The second-order valence-electron chi connectivity index (χ2n) is 3.09. The van der Waals surface area contributed by atoms with Crippen molar-refractivity contribution in [3.8, 4) is 0 Å². The summed E-state index contributed by atoms with van der Waals surface area (Å²) in [4.78, 5) is 11.2. The van der Waals surface area contributed by atoms with E-state index < -0.39 is 0 Å². The minimum absolute atomic E-state index is 0.0590. The van der Waals surface area contributed by atoms with Gasteiger partial charge in [0, 0.05) is 18.4 Å². The van der Waals surface area contributed by atoms with Crippen LogP contribution in [0.5, 0.6) is 0 Å². The van der Waals surface area contributed by atoms with Gasteiger partial charge in [-0.2, -0.15) is 0 Å². The van der Waals surface area contributed by atoms with Crippen molar-refractivity contribution < 1.29 is 4.79 Å². The fourth-order valence-corrected chi connectivity index (χ4v) is 1.42. The lowest BCUT2D eigenvalue weighted by Gasteiger charge is -2.10. The van der Waals surface area contributed by atoms with Crippen molar-refractivity contribution in [1.82, 2.24) is 5.32 Å². The smallest absolute Gasteiger partial charge is 0.140 e. The first-order chi connectivity index (χ1) is 4.75. The Morgan fingerprint density at radius 1 is 1.60 bits per heavy atom. The standard InChI is InChI=1S/C8H15NO/c1-3-7(10)8(4-5-8)6-9-2/h9H,3-6H2,1-2H3. The van der Waals surface area contributed by atoms with E-state index in [-0.39, 0.29) is 5.41 Å². The first-order valence-electron chi connectivity index (χ1n) is 3.93. The lowest BCUT2D eigenvalue weighted by molar-refractivity contribution is -0.123. The highest BCUT2D eigenvalue weighted by atomic mass is 16.1. The average molecular weight is 141 g/mol. The minimum Gasteiger partial charge on any atom is -0.319 e. The van der Waals surface area contributed by atoms with E-state index in [1.165, 1.54) is 0 Å². The third kappa shape index (κ3) is 1.21. The molecule has 0 aliphatic heterocycles. The van der Waals surface area contributed by atoms with E-state index in [0.717, 1.165) is 19.4 Å². The lowest BCUT2D eigenvalue weighted by Crippen LogP contribution is -2.27. The van der Waals surface area contributed by atoms with Crippen LogP contribution in [0.2, 0.25) is 0 Å². The normalized spacial score (nSPS) is 20.6. The number of nitrogens with one attached hydrogen (secondary N) is 1. The quantitative estimate of drug-likeness (QED) is 0.632. The summed E-state index contributed by atoms with van der Waals surface area (Å²) >= 11 is 0. The number of rotatable bonds is 4. The number of ketones is 1.